The van der Waals surface area contributed by atoms with Gasteiger partial charge in [0.2, 0.25) is 23.6 Å². The fourth-order valence-electron chi connectivity index (χ4n) is 11.4. The number of aromatic nitrogens is 4. The van der Waals surface area contributed by atoms with Crippen LogP contribution in [0.1, 0.15) is 113 Å². The number of benzene rings is 2. The molecule has 6 aliphatic rings. The third kappa shape index (κ3) is 7.79. The maximum Gasteiger partial charge on any atom is 0.264 e. The van der Waals surface area contributed by atoms with E-state index in [2.05, 4.69) is 29.8 Å². The Morgan fingerprint density at radius 1 is 0.884 bits per heavy atom. The van der Waals surface area contributed by atoms with Gasteiger partial charge < -0.3 is 29.3 Å². The lowest BCUT2D eigenvalue weighted by molar-refractivity contribution is -0.136. The molecule has 0 bridgehead atoms. The van der Waals surface area contributed by atoms with Gasteiger partial charge in [0.1, 0.15) is 6.04 Å². The van der Waals surface area contributed by atoms with Crippen molar-refractivity contribution in [2.45, 2.75) is 95.8 Å². The highest BCUT2D eigenvalue weighted by molar-refractivity contribution is 6.25. The molecule has 19 heteroatoms. The first kappa shape index (κ1) is 44.5. The van der Waals surface area contributed by atoms with Crippen LogP contribution in [0.25, 0.3) is 22.0 Å². The minimum atomic E-state index is -2.78. The van der Waals surface area contributed by atoms with Crippen molar-refractivity contribution in [2.24, 2.45) is 0 Å². The lowest BCUT2D eigenvalue weighted by atomic mass is 9.91. The summed E-state index contributed by atoms with van der Waals surface area (Å²) in [5.74, 6) is -1.94. The summed E-state index contributed by atoms with van der Waals surface area (Å²) in [5, 5.41) is 11.3. The molecule has 3 fully saturated rings. The zero-order valence-corrected chi connectivity index (χ0v) is 38.2. The molecule has 358 valence electrons. The van der Waals surface area contributed by atoms with Gasteiger partial charge in [0.25, 0.3) is 18.2 Å². The number of amides is 6. The summed E-state index contributed by atoms with van der Waals surface area (Å²) in [6.07, 6.45) is 7.66. The maximum absolute atomic E-state index is 15.5. The number of hydrogen-bond donors (Lipinski definition) is 2. The van der Waals surface area contributed by atoms with Crippen LogP contribution in [0.2, 0.25) is 0 Å². The second-order valence-electron chi connectivity index (χ2n) is 18.8. The van der Waals surface area contributed by atoms with Crippen molar-refractivity contribution in [2.75, 3.05) is 56.2 Å². The Labute approximate surface area is 395 Å². The number of rotatable bonds is 9. The third-order valence-electron chi connectivity index (χ3n) is 14.9. The molecule has 9 heterocycles. The number of pyridine rings is 1. The van der Waals surface area contributed by atoms with E-state index in [0.29, 0.717) is 94.1 Å². The molecule has 0 spiro atoms. The second-order valence-corrected chi connectivity index (χ2v) is 18.8. The Balaban J connectivity index is 0.827. The summed E-state index contributed by atoms with van der Waals surface area (Å²) in [5.41, 5.74) is 6.11. The van der Waals surface area contributed by atoms with Gasteiger partial charge in [-0.15, -0.1) is 0 Å². The molecular weight excluding hydrogens is 891 g/mol. The zero-order chi connectivity index (χ0) is 47.7. The number of ether oxygens (including phenoxy) is 1. The zero-order valence-electron chi connectivity index (χ0n) is 38.2. The van der Waals surface area contributed by atoms with Crippen LogP contribution in [-0.2, 0) is 43.3 Å². The lowest BCUT2D eigenvalue weighted by Crippen LogP contribution is -2.54. The van der Waals surface area contributed by atoms with Gasteiger partial charge in [0.15, 0.2) is 5.82 Å². The van der Waals surface area contributed by atoms with Crippen LogP contribution in [0.5, 0.6) is 0 Å². The van der Waals surface area contributed by atoms with Crippen molar-refractivity contribution in [1.29, 1.82) is 0 Å². The van der Waals surface area contributed by atoms with Crippen molar-refractivity contribution in [1.82, 2.24) is 39.3 Å². The smallest absolute Gasteiger partial charge is 0.264 e. The highest BCUT2D eigenvalue weighted by atomic mass is 19.3. The average molecular weight is 943 g/mol. The van der Waals surface area contributed by atoms with Gasteiger partial charge in [-0.05, 0) is 86.4 Å². The van der Waals surface area contributed by atoms with Gasteiger partial charge in [-0.2, -0.15) is 5.10 Å². The minimum absolute atomic E-state index is 0.00508. The normalized spacial score (nSPS) is 20.1. The number of nitrogens with one attached hydrogen (secondary N) is 2. The fraction of sp³-hybridized carbons (Fsp3) is 0.440. The summed E-state index contributed by atoms with van der Waals surface area (Å²) >= 11 is 0. The molecule has 2 N–H and O–H groups in total. The van der Waals surface area contributed by atoms with E-state index < -0.39 is 36.1 Å². The summed E-state index contributed by atoms with van der Waals surface area (Å²) in [6, 6.07) is 9.19. The molecular formula is C50H52F2N10O7. The number of imide groups is 2. The number of hydrogen-bond acceptors (Lipinski definition) is 11. The number of likely N-dealkylation sites (tertiary alicyclic amines) is 1. The molecule has 1 unspecified atom stereocenters. The van der Waals surface area contributed by atoms with E-state index >= 15 is 8.78 Å². The Morgan fingerprint density at radius 3 is 2.46 bits per heavy atom. The molecule has 1 atom stereocenters. The van der Waals surface area contributed by atoms with Crippen LogP contribution in [0.3, 0.4) is 0 Å². The van der Waals surface area contributed by atoms with Gasteiger partial charge >= 0.3 is 0 Å². The topological polar surface area (TPSA) is 184 Å². The largest absolute Gasteiger partial charge is 0.381 e. The predicted molar refractivity (Wildman–Crippen MR) is 248 cm³/mol. The number of piperidine rings is 2. The van der Waals surface area contributed by atoms with E-state index in [4.69, 9.17) is 9.84 Å². The standard InChI is InChI=1S/C50H52F2N10O7/c1-28(63)58-19-12-40-37(26-58)47(56-62(40)31-13-20-69-21-14-31)59-16-3-4-29-22-33(34(46(51)52)23-42(29)59)36-27-60(39-9-15-53-24-35(36)39)30-10-17-57(18-11-30)44(65)25-54-38-6-2-5-32-45(38)50(68)61(49(32)67)41-7-8-43(64)55-48(41)66/h2,5-6,9,15,22-24,27,30-31,41,46,54H,3-4,7-8,10-14,16-21,25-26H2,1H3,(H,55,64,66). The minimum Gasteiger partial charge on any atom is -0.381 e. The van der Waals surface area contributed by atoms with E-state index in [1.54, 1.807) is 42.4 Å². The fourth-order valence-corrected chi connectivity index (χ4v) is 11.4. The summed E-state index contributed by atoms with van der Waals surface area (Å²) < 4.78 is 41.0. The number of fused-ring (bicyclic) bond motifs is 4. The Morgan fingerprint density at radius 2 is 1.70 bits per heavy atom. The number of carbonyl (C=O) groups is 6. The molecule has 5 aromatic rings. The van der Waals surface area contributed by atoms with E-state index in [-0.39, 0.29) is 60.0 Å². The lowest BCUT2D eigenvalue weighted by Gasteiger charge is -2.33. The predicted octanol–water partition coefficient (Wildman–Crippen LogP) is 5.85. The molecule has 0 saturated carbocycles. The monoisotopic (exact) mass is 942 g/mol. The maximum atomic E-state index is 15.5. The van der Waals surface area contributed by atoms with Crippen LogP contribution in [0.15, 0.2) is 55.0 Å². The van der Waals surface area contributed by atoms with Gasteiger partial charge in [0, 0.05) is 123 Å². The molecule has 2 aromatic carbocycles. The number of alkyl halides is 2. The first-order chi connectivity index (χ1) is 33.4. The molecule has 17 nitrogen and oxygen atoms in total. The van der Waals surface area contributed by atoms with Crippen LogP contribution < -0.4 is 15.5 Å². The summed E-state index contributed by atoms with van der Waals surface area (Å²) in [6.45, 7) is 5.20. The van der Waals surface area contributed by atoms with Crippen LogP contribution >= 0.6 is 0 Å². The van der Waals surface area contributed by atoms with E-state index in [9.17, 15) is 28.8 Å². The van der Waals surface area contributed by atoms with Crippen molar-refractivity contribution in [3.8, 4) is 11.1 Å². The van der Waals surface area contributed by atoms with Gasteiger partial charge in [0.05, 0.1) is 35.8 Å². The van der Waals surface area contributed by atoms with E-state index in [0.717, 1.165) is 57.7 Å². The van der Waals surface area contributed by atoms with Crippen molar-refractivity contribution in [3.63, 3.8) is 0 Å². The van der Waals surface area contributed by atoms with Crippen LogP contribution in [0, 0.1) is 0 Å². The first-order valence-electron chi connectivity index (χ1n) is 23.9. The molecule has 0 radical (unpaired) electrons. The molecule has 3 saturated heterocycles. The number of carbonyl (C=O) groups excluding carboxylic acids is 6. The second kappa shape index (κ2) is 17.8. The van der Waals surface area contributed by atoms with Crippen LogP contribution in [-0.4, -0.2) is 121 Å². The van der Waals surface area contributed by atoms with Crippen molar-refractivity contribution in [3.05, 3.63) is 88.5 Å². The molecule has 6 amide bonds. The van der Waals surface area contributed by atoms with Gasteiger partial charge in [-0.3, -0.25) is 48.6 Å². The Bertz CT molecular complexity index is 2950. The molecule has 11 rings (SSSR count). The highest BCUT2D eigenvalue weighted by Gasteiger charge is 2.46. The van der Waals surface area contributed by atoms with Gasteiger partial charge in [-0.1, -0.05) is 6.07 Å². The Kier molecular flexibility index (Phi) is 11.5. The molecule has 69 heavy (non-hydrogen) atoms. The molecule has 3 aromatic heterocycles. The van der Waals surface area contributed by atoms with E-state index in [1.165, 1.54) is 6.07 Å². The number of anilines is 3. The average Bonchev–Trinajstić information content (AvgIpc) is 4.02. The number of halogens is 2. The van der Waals surface area contributed by atoms with Crippen molar-refractivity contribution >= 4 is 63.5 Å². The van der Waals surface area contributed by atoms with Crippen molar-refractivity contribution < 1.29 is 42.3 Å². The Hall–Kier alpha value is -7.02. The summed E-state index contributed by atoms with van der Waals surface area (Å²) in [4.78, 5) is 88.6. The SMILES string of the molecule is CC(=O)N1CCc2c(c(N3CCCc4cc(-c5cn(C6CCN(C(=O)CNc7cccc8c7C(=O)N(C7CCC(=O)NC7=O)C8=O)CC6)c6ccncc56)c(C(F)F)cc43)nn2C2CCOCC2)C1. The van der Waals surface area contributed by atoms with E-state index in [1.807, 2.05) is 23.2 Å². The summed E-state index contributed by atoms with van der Waals surface area (Å²) in [7, 11) is 0. The molecule has 6 aliphatic heterocycles. The molecule has 0 aliphatic carbocycles. The number of nitrogens with zero attached hydrogens (tertiary/aromatic N) is 8. The van der Waals surface area contributed by atoms with Crippen LogP contribution in [0.4, 0.5) is 26.0 Å². The first-order valence-corrected chi connectivity index (χ1v) is 23.9. The van der Waals surface area contributed by atoms with Gasteiger partial charge in [-0.25, -0.2) is 8.78 Å². The quantitative estimate of drug-likeness (QED) is 0.169. The number of aryl methyl sites for hydroxylation is 1. The highest BCUT2D eigenvalue weighted by Crippen LogP contribution is 2.46. The third-order valence-corrected chi connectivity index (χ3v) is 14.9.